The molecule has 0 unspecified atom stereocenters. The van der Waals surface area contributed by atoms with Crippen molar-refractivity contribution in [3.05, 3.63) is 18.2 Å². The van der Waals surface area contributed by atoms with E-state index in [-0.39, 0.29) is 6.08 Å². The van der Waals surface area contributed by atoms with Crippen molar-refractivity contribution in [1.82, 2.24) is 4.98 Å². The third-order valence-corrected chi connectivity index (χ3v) is 1.81. The topological polar surface area (TPSA) is 35.3 Å². The second-order valence-corrected chi connectivity index (χ2v) is 2.85. The Kier molecular flexibility index (Phi) is 1.69. The number of hydrogen-bond acceptors (Lipinski definition) is 4. The summed E-state index contributed by atoms with van der Waals surface area (Å²) in [6, 6.07) is 5.49. The normalized spacial score (nSPS) is 10.5. The van der Waals surface area contributed by atoms with E-state index in [9.17, 15) is 0 Å². The Morgan fingerprint density at radius 3 is 3.08 bits per heavy atom. The van der Waals surface area contributed by atoms with Crippen molar-refractivity contribution in [2.75, 3.05) is 7.11 Å². The van der Waals surface area contributed by atoms with Crippen LogP contribution >= 0.6 is 12.6 Å². The second kappa shape index (κ2) is 2.71. The molecule has 2 rings (SSSR count). The lowest BCUT2D eigenvalue weighted by molar-refractivity contribution is 0.299. The maximum Gasteiger partial charge on any atom is 0.394 e. The minimum Gasteiger partial charge on any atom is -0.453 e. The lowest BCUT2D eigenvalue weighted by Crippen LogP contribution is -1.79. The van der Waals surface area contributed by atoms with Crippen molar-refractivity contribution in [3.63, 3.8) is 0 Å². The van der Waals surface area contributed by atoms with Crippen molar-refractivity contribution in [3.8, 4) is 6.08 Å². The molecule has 0 radical (unpaired) electrons. The van der Waals surface area contributed by atoms with Gasteiger partial charge in [-0.15, -0.1) is 12.6 Å². The fourth-order valence-corrected chi connectivity index (χ4v) is 1.17. The van der Waals surface area contributed by atoms with Gasteiger partial charge < -0.3 is 9.15 Å². The molecule has 4 heteroatoms. The van der Waals surface area contributed by atoms with E-state index in [2.05, 4.69) is 17.6 Å². The van der Waals surface area contributed by atoms with E-state index in [1.54, 1.807) is 6.07 Å². The highest BCUT2D eigenvalue weighted by molar-refractivity contribution is 7.80. The van der Waals surface area contributed by atoms with Crippen LogP contribution in [0.2, 0.25) is 0 Å². The number of oxazole rings is 1. The maximum atomic E-state index is 5.22. The van der Waals surface area contributed by atoms with Gasteiger partial charge in [0.15, 0.2) is 5.58 Å². The number of thiol groups is 1. The quantitative estimate of drug-likeness (QED) is 0.684. The van der Waals surface area contributed by atoms with Crippen LogP contribution < -0.4 is 4.74 Å². The van der Waals surface area contributed by atoms with E-state index >= 15 is 0 Å². The number of rotatable bonds is 1. The Morgan fingerprint density at radius 1 is 1.50 bits per heavy atom. The average Bonchev–Trinajstić information content (AvgIpc) is 2.46. The molecule has 0 saturated carbocycles. The minimum atomic E-state index is 0.281. The number of hydrogen-bond donors (Lipinski definition) is 1. The number of nitrogens with zero attached hydrogens (tertiary/aromatic N) is 1. The molecular weight excluding hydrogens is 174 g/mol. The molecule has 0 bridgehead atoms. The molecule has 0 saturated heterocycles. The van der Waals surface area contributed by atoms with Crippen molar-refractivity contribution in [2.45, 2.75) is 4.90 Å². The lowest BCUT2D eigenvalue weighted by Gasteiger charge is -1.87. The molecule has 3 nitrogen and oxygen atoms in total. The zero-order chi connectivity index (χ0) is 8.55. The first-order valence-corrected chi connectivity index (χ1v) is 3.88. The van der Waals surface area contributed by atoms with Crippen LogP contribution in [0.1, 0.15) is 0 Å². The van der Waals surface area contributed by atoms with Gasteiger partial charge in [0.25, 0.3) is 0 Å². The highest BCUT2D eigenvalue weighted by Crippen LogP contribution is 2.22. The largest absolute Gasteiger partial charge is 0.453 e. The number of fused-ring (bicyclic) bond motifs is 1. The fourth-order valence-electron chi connectivity index (χ4n) is 0.979. The zero-order valence-corrected chi connectivity index (χ0v) is 7.34. The van der Waals surface area contributed by atoms with E-state index in [4.69, 9.17) is 9.15 Å². The standard InChI is InChI=1S/C8H7NO2S/c1-10-8-9-6-3-2-5(12)4-7(6)11-8/h2-4,12H,1H3. The van der Waals surface area contributed by atoms with Crippen LogP contribution in [0.15, 0.2) is 27.5 Å². The third kappa shape index (κ3) is 1.14. The summed E-state index contributed by atoms with van der Waals surface area (Å²) in [5, 5.41) is 0. The summed E-state index contributed by atoms with van der Waals surface area (Å²) < 4.78 is 10.1. The first-order chi connectivity index (χ1) is 5.79. The monoisotopic (exact) mass is 181 g/mol. The number of methoxy groups -OCH3 is 1. The van der Waals surface area contributed by atoms with E-state index in [1.165, 1.54) is 7.11 Å². The zero-order valence-electron chi connectivity index (χ0n) is 6.44. The Morgan fingerprint density at radius 2 is 2.33 bits per heavy atom. The summed E-state index contributed by atoms with van der Waals surface area (Å²) in [5.74, 6) is 0. The number of ether oxygens (including phenoxy) is 1. The summed E-state index contributed by atoms with van der Waals surface area (Å²) in [4.78, 5) is 4.90. The second-order valence-electron chi connectivity index (χ2n) is 2.34. The highest BCUT2D eigenvalue weighted by Gasteiger charge is 2.04. The van der Waals surface area contributed by atoms with Crippen LogP contribution in [0, 0.1) is 0 Å². The smallest absolute Gasteiger partial charge is 0.394 e. The van der Waals surface area contributed by atoms with Gasteiger partial charge >= 0.3 is 6.08 Å². The minimum absolute atomic E-state index is 0.281. The van der Waals surface area contributed by atoms with Crippen LogP contribution in [0.3, 0.4) is 0 Å². The van der Waals surface area contributed by atoms with Crippen molar-refractivity contribution >= 4 is 23.7 Å². The SMILES string of the molecule is COc1nc2ccc(S)cc2o1. The molecule has 1 aromatic carbocycles. The fraction of sp³-hybridized carbons (Fsp3) is 0.125. The molecule has 0 amide bonds. The van der Waals surface area contributed by atoms with Gasteiger partial charge in [0.2, 0.25) is 0 Å². The van der Waals surface area contributed by atoms with Gasteiger partial charge in [-0.05, 0) is 18.2 Å². The average molecular weight is 181 g/mol. The molecule has 12 heavy (non-hydrogen) atoms. The molecule has 0 aliphatic carbocycles. The van der Waals surface area contributed by atoms with E-state index in [0.717, 1.165) is 10.4 Å². The Hall–Kier alpha value is -1.16. The van der Waals surface area contributed by atoms with Crippen molar-refractivity contribution in [1.29, 1.82) is 0 Å². The molecule has 1 aromatic heterocycles. The molecule has 2 aromatic rings. The molecule has 0 fully saturated rings. The van der Waals surface area contributed by atoms with Gasteiger partial charge in [-0.3, -0.25) is 0 Å². The van der Waals surface area contributed by atoms with E-state index in [1.807, 2.05) is 12.1 Å². The first-order valence-electron chi connectivity index (χ1n) is 3.43. The number of benzene rings is 1. The summed E-state index contributed by atoms with van der Waals surface area (Å²) in [7, 11) is 1.52. The predicted octanol–water partition coefficient (Wildman–Crippen LogP) is 2.13. The molecule has 62 valence electrons. The molecule has 0 aliphatic rings. The Bertz CT molecular complexity index is 410. The molecular formula is C8H7NO2S. The van der Waals surface area contributed by atoms with Crippen LogP contribution in [0.4, 0.5) is 0 Å². The van der Waals surface area contributed by atoms with Crippen LogP contribution in [0.25, 0.3) is 11.1 Å². The molecule has 1 heterocycles. The first kappa shape index (κ1) is 7.49. The molecule has 0 spiro atoms. The van der Waals surface area contributed by atoms with E-state index in [0.29, 0.717) is 5.58 Å². The van der Waals surface area contributed by atoms with E-state index < -0.39 is 0 Å². The maximum absolute atomic E-state index is 5.22. The number of aromatic nitrogens is 1. The summed E-state index contributed by atoms with van der Waals surface area (Å²) in [5.41, 5.74) is 1.48. The highest BCUT2D eigenvalue weighted by atomic mass is 32.1. The van der Waals surface area contributed by atoms with Gasteiger partial charge in [0.1, 0.15) is 5.52 Å². The van der Waals surface area contributed by atoms with Crippen LogP contribution in [0.5, 0.6) is 6.08 Å². The van der Waals surface area contributed by atoms with Crippen molar-refractivity contribution in [2.24, 2.45) is 0 Å². The van der Waals surface area contributed by atoms with Gasteiger partial charge in [-0.25, -0.2) is 0 Å². The van der Waals surface area contributed by atoms with Gasteiger partial charge in [0, 0.05) is 4.90 Å². The van der Waals surface area contributed by atoms with Crippen LogP contribution in [-0.4, -0.2) is 12.1 Å². The van der Waals surface area contributed by atoms with Gasteiger partial charge in [0.05, 0.1) is 7.11 Å². The molecule has 0 atom stereocenters. The van der Waals surface area contributed by atoms with Crippen molar-refractivity contribution < 1.29 is 9.15 Å². The third-order valence-electron chi connectivity index (χ3n) is 1.53. The van der Waals surface area contributed by atoms with Gasteiger partial charge in [-0.1, -0.05) is 0 Å². The summed E-state index contributed by atoms with van der Waals surface area (Å²) >= 11 is 4.17. The Balaban J connectivity index is 2.67. The van der Waals surface area contributed by atoms with Crippen LogP contribution in [-0.2, 0) is 0 Å². The Labute approximate surface area is 74.8 Å². The lowest BCUT2D eigenvalue weighted by atomic mass is 10.3. The predicted molar refractivity (Wildman–Crippen MR) is 47.8 cm³/mol. The molecule has 0 aliphatic heterocycles. The summed E-state index contributed by atoms with van der Waals surface area (Å²) in [6.07, 6.45) is 0.281. The summed E-state index contributed by atoms with van der Waals surface area (Å²) in [6.45, 7) is 0. The molecule has 0 N–H and O–H groups in total. The van der Waals surface area contributed by atoms with Gasteiger partial charge in [-0.2, -0.15) is 4.98 Å².